The minimum Gasteiger partial charge on any atom is -0.345 e. The number of benzene rings is 2. The molecule has 1 aliphatic heterocycles. The molecule has 3 rings (SSSR count). The van der Waals surface area contributed by atoms with Crippen LogP contribution < -0.4 is 16.0 Å². The third kappa shape index (κ3) is 4.51. The minimum atomic E-state index is -1.25. The Labute approximate surface area is 182 Å². The van der Waals surface area contributed by atoms with Crippen LogP contribution in [0, 0.1) is 6.92 Å². The molecule has 1 heterocycles. The lowest BCUT2D eigenvalue weighted by molar-refractivity contribution is -0.135. The normalized spacial score (nSPS) is 18.2. The summed E-state index contributed by atoms with van der Waals surface area (Å²) in [5.74, 6) is -1.57. The maximum Gasteiger partial charge on any atom is 0.325 e. The molecule has 1 atom stereocenters. The Hall–Kier alpha value is -3.20. The molecule has 5 amide bonds. The zero-order valence-corrected chi connectivity index (χ0v) is 18.1. The van der Waals surface area contributed by atoms with Gasteiger partial charge in [-0.25, -0.2) is 4.79 Å². The Balaban J connectivity index is 1.58. The molecular formula is C21H21BrN4O4. The first-order valence-electron chi connectivity index (χ1n) is 9.23. The van der Waals surface area contributed by atoms with E-state index in [-0.39, 0.29) is 6.54 Å². The lowest BCUT2D eigenvalue weighted by atomic mass is 9.91. The van der Waals surface area contributed by atoms with Crippen molar-refractivity contribution in [3.8, 4) is 0 Å². The highest BCUT2D eigenvalue weighted by atomic mass is 79.9. The first kappa shape index (κ1) is 21.5. The summed E-state index contributed by atoms with van der Waals surface area (Å²) >= 11 is 3.32. The molecular weight excluding hydrogens is 452 g/mol. The summed E-state index contributed by atoms with van der Waals surface area (Å²) in [5.41, 5.74) is 0.972. The molecule has 3 N–H and O–H groups in total. The van der Waals surface area contributed by atoms with E-state index in [4.69, 9.17) is 0 Å². The number of aryl methyl sites for hydroxylation is 1. The third-order valence-electron chi connectivity index (χ3n) is 4.80. The van der Waals surface area contributed by atoms with E-state index in [1.165, 1.54) is 0 Å². The number of amides is 5. The van der Waals surface area contributed by atoms with Gasteiger partial charge in [0, 0.05) is 4.47 Å². The predicted octanol–water partition coefficient (Wildman–Crippen LogP) is 2.28. The number of hydrogen-bond donors (Lipinski definition) is 3. The number of rotatable bonds is 6. The fourth-order valence-electron chi connectivity index (χ4n) is 3.06. The molecule has 1 fully saturated rings. The molecule has 0 aromatic heterocycles. The van der Waals surface area contributed by atoms with Gasteiger partial charge in [0.2, 0.25) is 11.8 Å². The summed E-state index contributed by atoms with van der Waals surface area (Å²) in [6, 6.07) is 13.6. The van der Waals surface area contributed by atoms with Crippen LogP contribution in [0.25, 0.3) is 0 Å². The number of carbonyl (C=O) groups is 4. The smallest absolute Gasteiger partial charge is 0.325 e. The number of halogens is 1. The summed E-state index contributed by atoms with van der Waals surface area (Å²) in [6.07, 6.45) is 0. The van der Waals surface area contributed by atoms with Crippen LogP contribution >= 0.6 is 15.9 Å². The molecule has 0 bridgehead atoms. The molecule has 30 heavy (non-hydrogen) atoms. The molecule has 1 unspecified atom stereocenters. The first-order valence-corrected chi connectivity index (χ1v) is 10.0. The highest BCUT2D eigenvalue weighted by Crippen LogP contribution is 2.28. The van der Waals surface area contributed by atoms with Crippen LogP contribution in [0.2, 0.25) is 0 Å². The minimum absolute atomic E-state index is 0.293. The summed E-state index contributed by atoms with van der Waals surface area (Å²) in [4.78, 5) is 50.3. The van der Waals surface area contributed by atoms with Crippen molar-refractivity contribution in [1.29, 1.82) is 0 Å². The second kappa shape index (κ2) is 8.66. The van der Waals surface area contributed by atoms with Crippen LogP contribution in [0.5, 0.6) is 0 Å². The van der Waals surface area contributed by atoms with E-state index in [9.17, 15) is 19.2 Å². The molecule has 1 aliphatic rings. The van der Waals surface area contributed by atoms with Gasteiger partial charge in [0.15, 0.2) is 0 Å². The standard InChI is InChI=1S/C21H21BrN4O4/c1-13-7-9-14(10-8-13)21(2)19(29)26(20(30)25-21)12-18(28)23-11-17(27)24-16-6-4-3-5-15(16)22/h3-10H,11-12H2,1-2H3,(H,23,28)(H,24,27)(H,25,30). The lowest BCUT2D eigenvalue weighted by Gasteiger charge is -2.22. The van der Waals surface area contributed by atoms with Crippen molar-refractivity contribution in [2.75, 3.05) is 18.4 Å². The number of nitrogens with zero attached hydrogens (tertiary/aromatic N) is 1. The van der Waals surface area contributed by atoms with Gasteiger partial charge in [0.1, 0.15) is 12.1 Å². The Kier molecular flexibility index (Phi) is 6.21. The van der Waals surface area contributed by atoms with Crippen molar-refractivity contribution in [1.82, 2.24) is 15.5 Å². The van der Waals surface area contributed by atoms with Gasteiger partial charge in [0.05, 0.1) is 12.2 Å². The number of nitrogens with one attached hydrogen (secondary N) is 3. The van der Waals surface area contributed by atoms with E-state index in [0.29, 0.717) is 15.7 Å². The zero-order valence-electron chi connectivity index (χ0n) is 16.5. The predicted molar refractivity (Wildman–Crippen MR) is 115 cm³/mol. The number of carbonyl (C=O) groups excluding carboxylic acids is 4. The van der Waals surface area contributed by atoms with Crippen LogP contribution in [0.15, 0.2) is 53.0 Å². The van der Waals surface area contributed by atoms with Crippen LogP contribution in [0.1, 0.15) is 18.1 Å². The molecule has 8 nitrogen and oxygen atoms in total. The maximum absolute atomic E-state index is 12.9. The van der Waals surface area contributed by atoms with E-state index in [0.717, 1.165) is 10.5 Å². The maximum atomic E-state index is 12.9. The fourth-order valence-corrected chi connectivity index (χ4v) is 3.44. The van der Waals surface area contributed by atoms with E-state index < -0.39 is 35.8 Å². The van der Waals surface area contributed by atoms with Crippen molar-refractivity contribution < 1.29 is 19.2 Å². The van der Waals surface area contributed by atoms with E-state index in [2.05, 4.69) is 31.9 Å². The molecule has 0 saturated carbocycles. The van der Waals surface area contributed by atoms with E-state index in [1.54, 1.807) is 37.3 Å². The van der Waals surface area contributed by atoms with E-state index in [1.807, 2.05) is 25.1 Å². The molecule has 0 aliphatic carbocycles. The van der Waals surface area contributed by atoms with Gasteiger partial charge in [-0.3, -0.25) is 19.3 Å². The average Bonchev–Trinajstić information content (AvgIpc) is 2.92. The molecule has 2 aromatic rings. The van der Waals surface area contributed by atoms with Crippen molar-refractivity contribution in [2.45, 2.75) is 19.4 Å². The molecule has 2 aromatic carbocycles. The number of hydrogen-bond acceptors (Lipinski definition) is 4. The van der Waals surface area contributed by atoms with Gasteiger partial charge >= 0.3 is 6.03 Å². The van der Waals surface area contributed by atoms with Gasteiger partial charge in [-0.2, -0.15) is 0 Å². The monoisotopic (exact) mass is 472 g/mol. The quantitative estimate of drug-likeness (QED) is 0.560. The van der Waals surface area contributed by atoms with Crippen molar-refractivity contribution in [3.63, 3.8) is 0 Å². The first-order chi connectivity index (χ1) is 14.2. The topological polar surface area (TPSA) is 108 Å². The Morgan fingerprint density at radius 1 is 1.07 bits per heavy atom. The fraction of sp³-hybridized carbons (Fsp3) is 0.238. The summed E-state index contributed by atoms with van der Waals surface area (Å²) in [5, 5.41) is 7.73. The van der Waals surface area contributed by atoms with Gasteiger partial charge in [-0.15, -0.1) is 0 Å². The Morgan fingerprint density at radius 3 is 2.40 bits per heavy atom. The summed E-state index contributed by atoms with van der Waals surface area (Å²) in [7, 11) is 0. The van der Waals surface area contributed by atoms with Crippen LogP contribution in [-0.2, 0) is 19.9 Å². The summed E-state index contributed by atoms with van der Waals surface area (Å²) < 4.78 is 0.708. The number of para-hydroxylation sites is 1. The molecule has 156 valence electrons. The molecule has 0 spiro atoms. The van der Waals surface area contributed by atoms with Crippen molar-refractivity contribution >= 4 is 45.4 Å². The van der Waals surface area contributed by atoms with Gasteiger partial charge < -0.3 is 16.0 Å². The molecule has 1 saturated heterocycles. The third-order valence-corrected chi connectivity index (χ3v) is 5.49. The van der Waals surface area contributed by atoms with Gasteiger partial charge in [0.25, 0.3) is 5.91 Å². The van der Waals surface area contributed by atoms with Crippen LogP contribution in [-0.4, -0.2) is 41.7 Å². The van der Waals surface area contributed by atoms with Gasteiger partial charge in [-0.05, 0) is 47.5 Å². The Bertz CT molecular complexity index is 1010. The highest BCUT2D eigenvalue weighted by Gasteiger charge is 2.49. The number of urea groups is 1. The number of imide groups is 1. The van der Waals surface area contributed by atoms with E-state index >= 15 is 0 Å². The summed E-state index contributed by atoms with van der Waals surface area (Å²) in [6.45, 7) is 2.75. The SMILES string of the molecule is Cc1ccc(C2(C)NC(=O)N(CC(=O)NCC(=O)Nc3ccccc3Br)C2=O)cc1. The van der Waals surface area contributed by atoms with Crippen LogP contribution in [0.4, 0.5) is 10.5 Å². The van der Waals surface area contributed by atoms with Crippen molar-refractivity contribution in [2.24, 2.45) is 0 Å². The zero-order chi connectivity index (χ0) is 21.9. The van der Waals surface area contributed by atoms with Crippen LogP contribution in [0.3, 0.4) is 0 Å². The molecule has 9 heteroatoms. The largest absolute Gasteiger partial charge is 0.345 e. The average molecular weight is 473 g/mol. The Morgan fingerprint density at radius 2 is 1.73 bits per heavy atom. The van der Waals surface area contributed by atoms with Crippen molar-refractivity contribution in [3.05, 3.63) is 64.1 Å². The second-order valence-electron chi connectivity index (χ2n) is 7.12. The van der Waals surface area contributed by atoms with Gasteiger partial charge in [-0.1, -0.05) is 42.0 Å². The highest BCUT2D eigenvalue weighted by molar-refractivity contribution is 9.10. The second-order valence-corrected chi connectivity index (χ2v) is 7.97. The lowest BCUT2D eigenvalue weighted by Crippen LogP contribution is -2.44. The number of anilines is 1. The molecule has 0 radical (unpaired) electrons.